The minimum Gasteiger partial charge on any atom is -0.457 e. The number of carbonyl (C=O) groups is 2. The number of piperazine rings is 1. The molecule has 42 heavy (non-hydrogen) atoms. The summed E-state index contributed by atoms with van der Waals surface area (Å²) in [7, 11) is 3.55. The molecule has 2 heterocycles. The van der Waals surface area contributed by atoms with Gasteiger partial charge in [-0.15, -0.1) is 0 Å². The molecule has 0 aliphatic carbocycles. The Morgan fingerprint density at radius 3 is 2.43 bits per heavy atom. The van der Waals surface area contributed by atoms with Crippen LogP contribution in [0, 0.1) is 0 Å². The highest BCUT2D eigenvalue weighted by molar-refractivity contribution is 6.07. The first-order chi connectivity index (χ1) is 20.1. The molecule has 5 rings (SSSR count). The Morgan fingerprint density at radius 1 is 0.929 bits per heavy atom. The molecular weight excluding hydrogens is 547 g/mol. The van der Waals surface area contributed by atoms with E-state index >= 15 is 0 Å². The number of hydrogen-bond donors (Lipinski definition) is 2. The van der Waals surface area contributed by atoms with Crippen LogP contribution in [0.1, 0.15) is 31.8 Å². The van der Waals surface area contributed by atoms with Gasteiger partial charge in [-0.3, -0.25) is 14.5 Å². The highest BCUT2D eigenvalue weighted by Gasteiger charge is 2.34. The standard InChI is InChI=1S/C31H30F3N5O3/c1-35-30(41)26-5-3-4-20-16-23(8-9-25(20)26)42-24-10-11-36-28(18-24)37-29(40)21-6-7-22(27(17-21)31(32,33)34)19-39-14-12-38(2)13-15-39/h3-11,16-18H,12-15,19H2,1-2H3,(H,35,41)(H,36,37,40). The molecule has 1 saturated heterocycles. The van der Waals surface area contributed by atoms with Gasteiger partial charge in [-0.25, -0.2) is 4.98 Å². The summed E-state index contributed by atoms with van der Waals surface area (Å²) >= 11 is 0. The zero-order chi connectivity index (χ0) is 29.9. The Labute approximate surface area is 241 Å². The zero-order valence-corrected chi connectivity index (χ0v) is 23.2. The van der Waals surface area contributed by atoms with Crippen molar-refractivity contribution in [3.05, 3.63) is 95.2 Å². The molecule has 0 radical (unpaired) electrons. The van der Waals surface area contributed by atoms with Gasteiger partial charge in [0.25, 0.3) is 11.8 Å². The van der Waals surface area contributed by atoms with Gasteiger partial charge in [-0.1, -0.05) is 18.2 Å². The zero-order valence-electron chi connectivity index (χ0n) is 23.2. The number of carbonyl (C=O) groups excluding carboxylic acids is 2. The van der Waals surface area contributed by atoms with Crippen LogP contribution < -0.4 is 15.4 Å². The average Bonchev–Trinajstić information content (AvgIpc) is 2.97. The fourth-order valence-corrected chi connectivity index (χ4v) is 4.89. The number of likely N-dealkylation sites (N-methyl/N-ethyl adjacent to an activating group) is 1. The van der Waals surface area contributed by atoms with E-state index in [1.165, 1.54) is 24.4 Å². The van der Waals surface area contributed by atoms with E-state index in [1.54, 1.807) is 43.4 Å². The summed E-state index contributed by atoms with van der Waals surface area (Å²) in [4.78, 5) is 33.3. The number of pyridine rings is 1. The fraction of sp³-hybridized carbons (Fsp3) is 0.258. The van der Waals surface area contributed by atoms with Crippen molar-refractivity contribution < 1.29 is 27.5 Å². The minimum atomic E-state index is -4.61. The molecule has 1 aromatic heterocycles. The largest absolute Gasteiger partial charge is 0.457 e. The molecule has 0 spiro atoms. The van der Waals surface area contributed by atoms with Crippen molar-refractivity contribution in [2.45, 2.75) is 12.7 Å². The summed E-state index contributed by atoms with van der Waals surface area (Å²) in [6.45, 7) is 3.09. The summed E-state index contributed by atoms with van der Waals surface area (Å²) in [6, 6.07) is 17.4. The van der Waals surface area contributed by atoms with Crippen molar-refractivity contribution in [2.75, 3.05) is 45.6 Å². The number of hydrogen-bond acceptors (Lipinski definition) is 6. The summed E-state index contributed by atoms with van der Waals surface area (Å²) < 4.78 is 47.8. The van der Waals surface area contributed by atoms with E-state index in [2.05, 4.69) is 20.5 Å². The summed E-state index contributed by atoms with van der Waals surface area (Å²) in [5.41, 5.74) is -0.277. The Hall–Kier alpha value is -4.48. The molecule has 2 N–H and O–H groups in total. The molecule has 4 aromatic rings. The molecule has 0 atom stereocenters. The van der Waals surface area contributed by atoms with Gasteiger partial charge in [0.2, 0.25) is 0 Å². The molecule has 11 heteroatoms. The molecule has 8 nitrogen and oxygen atoms in total. The van der Waals surface area contributed by atoms with Crippen molar-refractivity contribution in [1.82, 2.24) is 20.1 Å². The van der Waals surface area contributed by atoms with Crippen molar-refractivity contribution in [2.24, 2.45) is 0 Å². The monoisotopic (exact) mass is 577 g/mol. The number of fused-ring (bicyclic) bond motifs is 1. The van der Waals surface area contributed by atoms with Gasteiger partial charge in [-0.2, -0.15) is 13.2 Å². The van der Waals surface area contributed by atoms with Crippen molar-refractivity contribution in [3.63, 3.8) is 0 Å². The van der Waals surface area contributed by atoms with E-state index in [-0.39, 0.29) is 29.4 Å². The second kappa shape index (κ2) is 12.2. The molecule has 0 bridgehead atoms. The van der Waals surface area contributed by atoms with Crippen molar-refractivity contribution >= 4 is 28.4 Å². The van der Waals surface area contributed by atoms with Crippen LogP contribution in [0.2, 0.25) is 0 Å². The van der Waals surface area contributed by atoms with Gasteiger partial charge in [-0.05, 0) is 65.8 Å². The molecule has 218 valence electrons. The number of benzene rings is 3. The number of alkyl halides is 3. The van der Waals surface area contributed by atoms with E-state index < -0.39 is 17.6 Å². The quantitative estimate of drug-likeness (QED) is 0.306. The summed E-state index contributed by atoms with van der Waals surface area (Å²) in [5, 5.41) is 6.75. The second-order valence-corrected chi connectivity index (χ2v) is 10.1. The van der Waals surface area contributed by atoms with Gasteiger partial charge in [0.1, 0.15) is 17.3 Å². The highest BCUT2D eigenvalue weighted by Crippen LogP contribution is 2.34. The lowest BCUT2D eigenvalue weighted by molar-refractivity contribution is -0.138. The van der Waals surface area contributed by atoms with Crippen LogP contribution >= 0.6 is 0 Å². The number of nitrogens with zero attached hydrogens (tertiary/aromatic N) is 3. The third-order valence-electron chi connectivity index (χ3n) is 7.20. The Balaban J connectivity index is 1.31. The van der Waals surface area contributed by atoms with Crippen LogP contribution in [0.25, 0.3) is 10.8 Å². The molecule has 0 unspecified atom stereocenters. The van der Waals surface area contributed by atoms with Crippen LogP contribution in [-0.4, -0.2) is 66.9 Å². The Kier molecular flexibility index (Phi) is 8.41. The fourth-order valence-electron chi connectivity index (χ4n) is 4.89. The van der Waals surface area contributed by atoms with Gasteiger partial charge >= 0.3 is 6.18 Å². The predicted molar refractivity (Wildman–Crippen MR) is 154 cm³/mol. The van der Waals surface area contributed by atoms with Crippen LogP contribution in [0.3, 0.4) is 0 Å². The highest BCUT2D eigenvalue weighted by atomic mass is 19.4. The van der Waals surface area contributed by atoms with Gasteiger partial charge in [0.15, 0.2) is 0 Å². The molecular formula is C31H30F3N5O3. The number of rotatable bonds is 7. The van der Waals surface area contributed by atoms with E-state index in [0.717, 1.165) is 29.9 Å². The summed E-state index contributed by atoms with van der Waals surface area (Å²) in [6.07, 6.45) is -3.18. The second-order valence-electron chi connectivity index (χ2n) is 10.1. The molecule has 0 saturated carbocycles. The van der Waals surface area contributed by atoms with Gasteiger partial charge < -0.3 is 20.3 Å². The average molecular weight is 578 g/mol. The maximum absolute atomic E-state index is 14.0. The SMILES string of the molecule is CNC(=O)c1cccc2cc(Oc3ccnc(NC(=O)c4ccc(CN5CCN(C)CC5)c(C(F)(F)F)c4)c3)ccc12. The summed E-state index contributed by atoms with van der Waals surface area (Å²) in [5.74, 6) is 0.0567. The first-order valence-electron chi connectivity index (χ1n) is 13.4. The molecule has 1 fully saturated rings. The Morgan fingerprint density at radius 2 is 1.69 bits per heavy atom. The molecule has 1 aliphatic heterocycles. The van der Waals surface area contributed by atoms with E-state index in [1.807, 2.05) is 18.0 Å². The number of nitrogens with one attached hydrogen (secondary N) is 2. The van der Waals surface area contributed by atoms with Crippen LogP contribution in [-0.2, 0) is 12.7 Å². The number of ether oxygens (including phenoxy) is 1. The third-order valence-corrected chi connectivity index (χ3v) is 7.20. The first kappa shape index (κ1) is 29.0. The van der Waals surface area contributed by atoms with Crippen molar-refractivity contribution in [1.29, 1.82) is 0 Å². The molecule has 2 amide bonds. The lowest BCUT2D eigenvalue weighted by atomic mass is 10.0. The molecule has 3 aromatic carbocycles. The number of aromatic nitrogens is 1. The Bertz CT molecular complexity index is 1620. The topological polar surface area (TPSA) is 86.8 Å². The number of anilines is 1. The predicted octanol–water partition coefficient (Wildman–Crippen LogP) is 5.41. The minimum absolute atomic E-state index is 0.121. The first-order valence-corrected chi connectivity index (χ1v) is 13.4. The van der Waals surface area contributed by atoms with Crippen LogP contribution in [0.5, 0.6) is 11.5 Å². The lowest BCUT2D eigenvalue weighted by Crippen LogP contribution is -2.44. The lowest BCUT2D eigenvalue weighted by Gasteiger charge is -2.33. The van der Waals surface area contributed by atoms with Crippen LogP contribution in [0.15, 0.2) is 72.9 Å². The maximum atomic E-state index is 14.0. The number of amides is 2. The molecule has 1 aliphatic rings. The van der Waals surface area contributed by atoms with Gasteiger partial charge in [0.05, 0.1) is 5.56 Å². The van der Waals surface area contributed by atoms with E-state index in [4.69, 9.17) is 4.74 Å². The normalized spacial score (nSPS) is 14.5. The number of halogens is 3. The maximum Gasteiger partial charge on any atom is 0.416 e. The van der Waals surface area contributed by atoms with E-state index in [9.17, 15) is 22.8 Å². The third kappa shape index (κ3) is 6.69. The van der Waals surface area contributed by atoms with Crippen LogP contribution in [0.4, 0.5) is 19.0 Å². The van der Waals surface area contributed by atoms with Gasteiger partial charge in [0, 0.05) is 63.2 Å². The van der Waals surface area contributed by atoms with Crippen molar-refractivity contribution in [3.8, 4) is 11.5 Å². The smallest absolute Gasteiger partial charge is 0.416 e. The van der Waals surface area contributed by atoms with E-state index in [0.29, 0.717) is 30.2 Å².